The Morgan fingerprint density at radius 3 is 2.50 bits per heavy atom. The second-order valence-corrected chi connectivity index (χ2v) is 4.26. The van der Waals surface area contributed by atoms with Gasteiger partial charge >= 0.3 is 5.97 Å². The number of carboxylic acid groups (broad SMARTS) is 1. The fraction of sp³-hybridized carbons (Fsp3) is 0.750. The van der Waals surface area contributed by atoms with Gasteiger partial charge in [0.15, 0.2) is 0 Å². The summed E-state index contributed by atoms with van der Waals surface area (Å²) in [5.41, 5.74) is 0. The molecule has 0 saturated carbocycles. The lowest BCUT2D eigenvalue weighted by molar-refractivity contribution is -0.138. The zero-order chi connectivity index (χ0) is 12.6. The van der Waals surface area contributed by atoms with Gasteiger partial charge in [0.05, 0.1) is 6.54 Å². The van der Waals surface area contributed by atoms with Gasteiger partial charge in [-0.2, -0.15) is 0 Å². The summed E-state index contributed by atoms with van der Waals surface area (Å²) in [5.74, 6) is 1.80. The van der Waals surface area contributed by atoms with E-state index >= 15 is 0 Å². The summed E-state index contributed by atoms with van der Waals surface area (Å²) in [5, 5.41) is 8.83. The smallest absolute Gasteiger partial charge is 0.317 e. The molecule has 0 aromatic carbocycles. The first-order valence-corrected chi connectivity index (χ1v) is 5.51. The molecule has 0 fully saturated rings. The highest BCUT2D eigenvalue weighted by Crippen LogP contribution is 2.06. The Labute approximate surface area is 98.2 Å². The second-order valence-electron chi connectivity index (χ2n) is 4.26. The van der Waals surface area contributed by atoms with Crippen LogP contribution in [0.4, 0.5) is 0 Å². The lowest BCUT2D eigenvalue weighted by atomic mass is 10.1. The average Bonchev–Trinajstić information content (AvgIpc) is 2.19. The van der Waals surface area contributed by atoms with E-state index in [4.69, 9.17) is 11.5 Å². The Morgan fingerprint density at radius 2 is 2.06 bits per heavy atom. The molecule has 0 radical (unpaired) electrons. The summed E-state index contributed by atoms with van der Waals surface area (Å²) in [6, 6.07) is 0.215. The number of carbonyl (C=O) groups is 1. The fourth-order valence-corrected chi connectivity index (χ4v) is 1.43. The van der Waals surface area contributed by atoms with Crippen molar-refractivity contribution >= 4 is 5.97 Å². The molecule has 0 amide bonds. The molecule has 0 aliphatic heterocycles. The van der Waals surface area contributed by atoms with Crippen LogP contribution < -0.4 is 0 Å². The summed E-state index contributed by atoms with van der Waals surface area (Å²) in [6.45, 7) is 3.72. The first-order valence-electron chi connectivity index (χ1n) is 5.51. The summed E-state index contributed by atoms with van der Waals surface area (Å²) in [6.07, 6.45) is 6.75. The van der Waals surface area contributed by atoms with Crippen LogP contribution in [0.25, 0.3) is 0 Å². The van der Waals surface area contributed by atoms with Crippen molar-refractivity contribution in [3.05, 3.63) is 0 Å². The third-order valence-corrected chi connectivity index (χ3v) is 2.50. The highest BCUT2D eigenvalue weighted by atomic mass is 16.4. The fourth-order valence-electron chi connectivity index (χ4n) is 1.43. The van der Waals surface area contributed by atoms with Crippen molar-refractivity contribution in [3.8, 4) is 12.3 Å². The largest absolute Gasteiger partial charge is 0.480 e. The van der Waals surface area contributed by atoms with E-state index in [0.29, 0.717) is 6.42 Å². The molecule has 0 rings (SSSR count). The Morgan fingerprint density at radius 1 is 1.44 bits per heavy atom. The molecule has 0 aliphatic carbocycles. The standard InChI is InChI=1S/C12H22N2O2/c1-5-6-7-11(2)14(10-12(15)16)9-8-13(3)4/h1,11H,6-10H2,2-4H3,(H,15,16). The molecule has 16 heavy (non-hydrogen) atoms. The van der Waals surface area contributed by atoms with Crippen LogP contribution in [-0.2, 0) is 4.79 Å². The van der Waals surface area contributed by atoms with E-state index in [1.54, 1.807) is 0 Å². The summed E-state index contributed by atoms with van der Waals surface area (Å²) in [7, 11) is 3.95. The molecule has 1 N–H and O–H groups in total. The Kier molecular flexibility index (Phi) is 7.61. The summed E-state index contributed by atoms with van der Waals surface area (Å²) >= 11 is 0. The van der Waals surface area contributed by atoms with Crippen molar-refractivity contribution in [3.63, 3.8) is 0 Å². The van der Waals surface area contributed by atoms with E-state index in [-0.39, 0.29) is 12.6 Å². The van der Waals surface area contributed by atoms with Crippen molar-refractivity contribution in [2.45, 2.75) is 25.8 Å². The van der Waals surface area contributed by atoms with E-state index in [1.807, 2.05) is 30.8 Å². The SMILES string of the molecule is C#CCCC(C)N(CCN(C)C)CC(=O)O. The third kappa shape index (κ3) is 7.27. The van der Waals surface area contributed by atoms with Crippen LogP contribution in [0.15, 0.2) is 0 Å². The number of nitrogens with zero attached hydrogens (tertiary/aromatic N) is 2. The molecule has 92 valence electrons. The molecule has 4 heteroatoms. The average molecular weight is 226 g/mol. The second kappa shape index (κ2) is 8.14. The number of terminal acetylenes is 1. The van der Waals surface area contributed by atoms with E-state index in [1.165, 1.54) is 0 Å². The van der Waals surface area contributed by atoms with Crippen LogP contribution in [0.5, 0.6) is 0 Å². The van der Waals surface area contributed by atoms with Crippen LogP contribution in [0.3, 0.4) is 0 Å². The minimum atomic E-state index is -0.786. The number of likely N-dealkylation sites (N-methyl/N-ethyl adjacent to an activating group) is 1. The zero-order valence-corrected chi connectivity index (χ0v) is 10.4. The minimum Gasteiger partial charge on any atom is -0.480 e. The molecule has 0 aromatic heterocycles. The van der Waals surface area contributed by atoms with Gasteiger partial charge in [-0.1, -0.05) is 0 Å². The molecular weight excluding hydrogens is 204 g/mol. The van der Waals surface area contributed by atoms with Crippen molar-refractivity contribution in [2.24, 2.45) is 0 Å². The summed E-state index contributed by atoms with van der Waals surface area (Å²) < 4.78 is 0. The number of hydrogen-bond donors (Lipinski definition) is 1. The molecule has 1 unspecified atom stereocenters. The van der Waals surface area contributed by atoms with Crippen molar-refractivity contribution in [1.29, 1.82) is 0 Å². The van der Waals surface area contributed by atoms with Crippen LogP contribution in [0, 0.1) is 12.3 Å². The Hall–Kier alpha value is -1.05. The van der Waals surface area contributed by atoms with Gasteiger partial charge in [0.2, 0.25) is 0 Å². The first-order chi connectivity index (χ1) is 7.47. The molecule has 1 atom stereocenters. The molecule has 4 nitrogen and oxygen atoms in total. The molecule has 0 spiro atoms. The van der Waals surface area contributed by atoms with E-state index in [2.05, 4.69) is 5.92 Å². The zero-order valence-electron chi connectivity index (χ0n) is 10.4. The maximum Gasteiger partial charge on any atom is 0.317 e. The predicted molar refractivity (Wildman–Crippen MR) is 65.3 cm³/mol. The summed E-state index contributed by atoms with van der Waals surface area (Å²) in [4.78, 5) is 14.7. The normalized spacial score (nSPS) is 12.8. The number of aliphatic carboxylic acids is 1. The lowest BCUT2D eigenvalue weighted by Gasteiger charge is -2.28. The van der Waals surface area contributed by atoms with E-state index < -0.39 is 5.97 Å². The van der Waals surface area contributed by atoms with Crippen molar-refractivity contribution < 1.29 is 9.90 Å². The van der Waals surface area contributed by atoms with Crippen LogP contribution in [-0.4, -0.2) is 60.6 Å². The molecule has 0 aliphatic rings. The molecule has 0 saturated heterocycles. The minimum absolute atomic E-state index is 0.0829. The lowest BCUT2D eigenvalue weighted by Crippen LogP contribution is -2.41. The van der Waals surface area contributed by atoms with E-state index in [9.17, 15) is 4.79 Å². The molecule has 0 bridgehead atoms. The van der Waals surface area contributed by atoms with Crippen LogP contribution >= 0.6 is 0 Å². The van der Waals surface area contributed by atoms with Gasteiger partial charge in [-0.05, 0) is 27.4 Å². The van der Waals surface area contributed by atoms with Gasteiger partial charge in [0.25, 0.3) is 0 Å². The van der Waals surface area contributed by atoms with Gasteiger partial charge in [-0.25, -0.2) is 0 Å². The monoisotopic (exact) mass is 226 g/mol. The van der Waals surface area contributed by atoms with Gasteiger partial charge in [-0.3, -0.25) is 9.69 Å². The number of rotatable bonds is 8. The van der Waals surface area contributed by atoms with Crippen LogP contribution in [0.1, 0.15) is 19.8 Å². The molecule has 0 heterocycles. The number of carboxylic acids is 1. The third-order valence-electron chi connectivity index (χ3n) is 2.50. The highest BCUT2D eigenvalue weighted by molar-refractivity contribution is 5.69. The van der Waals surface area contributed by atoms with Gasteiger partial charge in [0, 0.05) is 25.6 Å². The number of hydrogen-bond acceptors (Lipinski definition) is 3. The maximum atomic E-state index is 10.7. The predicted octanol–water partition coefficient (Wildman–Crippen LogP) is 0.737. The quantitative estimate of drug-likeness (QED) is 0.620. The van der Waals surface area contributed by atoms with Gasteiger partial charge in [0.1, 0.15) is 0 Å². The van der Waals surface area contributed by atoms with Gasteiger partial charge in [-0.15, -0.1) is 12.3 Å². The van der Waals surface area contributed by atoms with Crippen molar-refractivity contribution in [1.82, 2.24) is 9.80 Å². The van der Waals surface area contributed by atoms with Gasteiger partial charge < -0.3 is 10.0 Å². The molecule has 0 aromatic rings. The van der Waals surface area contributed by atoms with E-state index in [0.717, 1.165) is 19.5 Å². The van der Waals surface area contributed by atoms with Crippen LogP contribution in [0.2, 0.25) is 0 Å². The van der Waals surface area contributed by atoms with Crippen molar-refractivity contribution in [2.75, 3.05) is 33.7 Å². The molecular formula is C12H22N2O2. The topological polar surface area (TPSA) is 43.8 Å². The Balaban J connectivity index is 4.18. The maximum absolute atomic E-state index is 10.7. The highest BCUT2D eigenvalue weighted by Gasteiger charge is 2.16. The Bertz CT molecular complexity index is 246. The first kappa shape index (κ1) is 14.9.